The Labute approximate surface area is 149 Å². The Kier molecular flexibility index (Phi) is 4.80. The highest BCUT2D eigenvalue weighted by Gasteiger charge is 2.59. The van der Waals surface area contributed by atoms with Crippen LogP contribution in [0.5, 0.6) is 0 Å². The van der Waals surface area contributed by atoms with Gasteiger partial charge < -0.3 is 10.1 Å². The largest absolute Gasteiger partial charge is 0.418 e. The monoisotopic (exact) mass is 362 g/mol. The van der Waals surface area contributed by atoms with Crippen molar-refractivity contribution in [2.75, 3.05) is 0 Å². The summed E-state index contributed by atoms with van der Waals surface area (Å²) in [5.41, 5.74) is -1.53. The lowest BCUT2D eigenvalue weighted by Crippen LogP contribution is -2.51. The Morgan fingerprint density at radius 2 is 1.81 bits per heavy atom. The van der Waals surface area contributed by atoms with Crippen LogP contribution in [-0.2, 0) is 0 Å². The zero-order valence-corrected chi connectivity index (χ0v) is 14.6. The van der Waals surface area contributed by atoms with Crippen molar-refractivity contribution in [2.24, 2.45) is 5.92 Å². The van der Waals surface area contributed by atoms with E-state index in [4.69, 9.17) is 0 Å². The normalized spacial score (nSPS) is 16.0. The van der Waals surface area contributed by atoms with Gasteiger partial charge in [-0.15, -0.1) is 0 Å². The zero-order chi connectivity index (χ0) is 18.9. The van der Waals surface area contributed by atoms with E-state index >= 15 is 0 Å². The number of hydrogen-bond acceptors (Lipinski definition) is 2. The van der Waals surface area contributed by atoms with Gasteiger partial charge in [0.15, 0.2) is 5.60 Å². The summed E-state index contributed by atoms with van der Waals surface area (Å²) >= 11 is 0. The summed E-state index contributed by atoms with van der Waals surface area (Å²) in [6.07, 6.45) is -2.03. The van der Waals surface area contributed by atoms with E-state index in [0.717, 1.165) is 5.39 Å². The van der Waals surface area contributed by atoms with E-state index in [2.05, 4.69) is 9.97 Å². The van der Waals surface area contributed by atoms with Gasteiger partial charge in [-0.1, -0.05) is 44.2 Å². The topological polar surface area (TPSA) is 48.9 Å². The average Bonchev–Trinajstić information content (AvgIpc) is 2.97. The molecule has 0 fully saturated rings. The van der Waals surface area contributed by atoms with Crippen LogP contribution in [-0.4, -0.2) is 26.9 Å². The molecule has 1 aromatic carbocycles. The first-order valence-electron chi connectivity index (χ1n) is 8.49. The molecule has 0 saturated carbocycles. The van der Waals surface area contributed by atoms with Gasteiger partial charge in [0.1, 0.15) is 0 Å². The van der Waals surface area contributed by atoms with E-state index < -0.39 is 24.1 Å². The summed E-state index contributed by atoms with van der Waals surface area (Å²) in [6.45, 7) is 3.35. The maximum atomic E-state index is 14.1. The Hall–Kier alpha value is -2.34. The fraction of sp³-hybridized carbons (Fsp3) is 0.350. The molecule has 2 atom stereocenters. The van der Waals surface area contributed by atoms with Crippen LogP contribution in [0.4, 0.5) is 13.2 Å². The minimum Gasteiger partial charge on any atom is -0.380 e. The molecule has 0 saturated heterocycles. The number of nitrogens with one attached hydrogen (secondary N) is 1. The van der Waals surface area contributed by atoms with Crippen molar-refractivity contribution in [3.63, 3.8) is 0 Å². The number of nitrogens with zero attached hydrogens (tertiary/aromatic N) is 1. The molecule has 3 rings (SSSR count). The van der Waals surface area contributed by atoms with E-state index in [0.29, 0.717) is 16.8 Å². The van der Waals surface area contributed by atoms with Crippen molar-refractivity contribution in [3.8, 4) is 0 Å². The highest BCUT2D eigenvalue weighted by atomic mass is 19.4. The molecule has 0 aliphatic rings. The number of alkyl halides is 3. The minimum atomic E-state index is -4.78. The molecule has 3 aromatic rings. The molecule has 3 nitrogen and oxygen atoms in total. The Bertz CT molecular complexity index is 840. The van der Waals surface area contributed by atoms with E-state index in [1.165, 1.54) is 0 Å². The van der Waals surface area contributed by atoms with Crippen LogP contribution >= 0.6 is 0 Å². The van der Waals surface area contributed by atoms with Crippen molar-refractivity contribution in [2.45, 2.75) is 38.0 Å². The highest BCUT2D eigenvalue weighted by molar-refractivity contribution is 5.79. The molecule has 26 heavy (non-hydrogen) atoms. The van der Waals surface area contributed by atoms with Crippen LogP contribution < -0.4 is 0 Å². The Morgan fingerprint density at radius 1 is 1.12 bits per heavy atom. The molecule has 0 spiro atoms. The molecule has 0 bridgehead atoms. The summed E-state index contributed by atoms with van der Waals surface area (Å²) < 4.78 is 42.2. The van der Waals surface area contributed by atoms with Gasteiger partial charge in [-0.05, 0) is 30.0 Å². The molecular formula is C20H21F3N2O. The van der Waals surface area contributed by atoms with Crippen molar-refractivity contribution in [1.29, 1.82) is 0 Å². The summed E-state index contributed by atoms with van der Waals surface area (Å²) in [6, 6.07) is 11.7. The Morgan fingerprint density at radius 3 is 2.38 bits per heavy atom. The second-order valence-corrected chi connectivity index (χ2v) is 7.05. The van der Waals surface area contributed by atoms with Gasteiger partial charge in [0.25, 0.3) is 0 Å². The van der Waals surface area contributed by atoms with Gasteiger partial charge in [-0.3, -0.25) is 4.98 Å². The van der Waals surface area contributed by atoms with Gasteiger partial charge in [0, 0.05) is 17.3 Å². The fourth-order valence-electron chi connectivity index (χ4n) is 3.53. The van der Waals surface area contributed by atoms with Crippen molar-refractivity contribution in [3.05, 3.63) is 66.1 Å². The molecule has 2 aromatic heterocycles. The van der Waals surface area contributed by atoms with Gasteiger partial charge in [0.05, 0.1) is 17.6 Å². The second kappa shape index (κ2) is 6.76. The van der Waals surface area contributed by atoms with Crippen molar-refractivity contribution in [1.82, 2.24) is 9.97 Å². The standard InChI is InChI=1S/C20H21F3N2O/c1-13(2)11-19(26,20(21,22)23)18(14-6-4-3-5-7-14)16-10-15-8-9-24-12-17(15)25-16/h3-10,12-13,18,25-26H,11H2,1-2H3. The molecule has 2 unspecified atom stereocenters. The number of halogens is 3. The number of benzene rings is 1. The number of rotatable bonds is 5. The molecule has 138 valence electrons. The molecule has 0 aliphatic heterocycles. The smallest absolute Gasteiger partial charge is 0.380 e. The maximum Gasteiger partial charge on any atom is 0.418 e. The quantitative estimate of drug-likeness (QED) is 0.668. The van der Waals surface area contributed by atoms with Crippen LogP contribution in [0.3, 0.4) is 0 Å². The van der Waals surface area contributed by atoms with E-state index in [-0.39, 0.29) is 5.92 Å². The van der Waals surface area contributed by atoms with Gasteiger partial charge >= 0.3 is 6.18 Å². The predicted octanol–water partition coefficient (Wildman–Crippen LogP) is 5.03. The summed E-state index contributed by atoms with van der Waals surface area (Å²) in [4.78, 5) is 7.02. The number of H-pyrrole nitrogens is 1. The number of aliphatic hydroxyl groups is 1. The van der Waals surface area contributed by atoms with E-state index in [9.17, 15) is 18.3 Å². The highest BCUT2D eigenvalue weighted by Crippen LogP contribution is 2.48. The third-order valence-corrected chi connectivity index (χ3v) is 4.58. The first-order valence-corrected chi connectivity index (χ1v) is 8.49. The summed E-state index contributed by atoms with van der Waals surface area (Å²) in [5, 5.41) is 11.7. The lowest BCUT2D eigenvalue weighted by atomic mass is 9.75. The Balaban J connectivity index is 2.23. The van der Waals surface area contributed by atoms with E-state index in [1.54, 1.807) is 68.7 Å². The molecule has 2 N–H and O–H groups in total. The molecule has 0 aliphatic carbocycles. The predicted molar refractivity (Wildman–Crippen MR) is 94.8 cm³/mol. The fourth-order valence-corrected chi connectivity index (χ4v) is 3.53. The number of hydrogen-bond donors (Lipinski definition) is 2. The number of pyridine rings is 1. The van der Waals surface area contributed by atoms with Crippen LogP contribution in [0, 0.1) is 5.92 Å². The summed E-state index contributed by atoms with van der Waals surface area (Å²) in [5.74, 6) is -1.60. The van der Waals surface area contributed by atoms with Gasteiger partial charge in [0.2, 0.25) is 0 Å². The van der Waals surface area contributed by atoms with E-state index in [1.807, 2.05) is 0 Å². The number of aromatic amines is 1. The van der Waals surface area contributed by atoms with Crippen LogP contribution in [0.25, 0.3) is 10.9 Å². The zero-order valence-electron chi connectivity index (χ0n) is 14.6. The second-order valence-electron chi connectivity index (χ2n) is 7.05. The molecular weight excluding hydrogens is 341 g/mol. The summed E-state index contributed by atoms with van der Waals surface area (Å²) in [7, 11) is 0. The molecule has 2 heterocycles. The maximum absolute atomic E-state index is 14.1. The SMILES string of the molecule is CC(C)CC(O)(C(c1ccccc1)c1cc2ccncc2[nH]1)C(F)(F)F. The first-order chi connectivity index (χ1) is 12.2. The lowest BCUT2D eigenvalue weighted by molar-refractivity contribution is -0.271. The van der Waals surface area contributed by atoms with Crippen molar-refractivity contribution < 1.29 is 18.3 Å². The van der Waals surface area contributed by atoms with Crippen molar-refractivity contribution >= 4 is 10.9 Å². The molecule has 6 heteroatoms. The third-order valence-electron chi connectivity index (χ3n) is 4.58. The average molecular weight is 362 g/mol. The van der Waals surface area contributed by atoms with Crippen LogP contribution in [0.15, 0.2) is 54.9 Å². The van der Waals surface area contributed by atoms with Crippen LogP contribution in [0.2, 0.25) is 0 Å². The van der Waals surface area contributed by atoms with Gasteiger partial charge in [-0.25, -0.2) is 0 Å². The first kappa shape index (κ1) is 18.5. The number of fused-ring (bicyclic) bond motifs is 1. The molecule has 0 amide bonds. The number of aromatic nitrogens is 2. The van der Waals surface area contributed by atoms with Gasteiger partial charge in [-0.2, -0.15) is 13.2 Å². The third kappa shape index (κ3) is 3.33. The molecule has 0 radical (unpaired) electrons. The minimum absolute atomic E-state index is 0.319. The lowest BCUT2D eigenvalue weighted by Gasteiger charge is -2.39. The van der Waals surface area contributed by atoms with Crippen LogP contribution in [0.1, 0.15) is 37.4 Å².